The Hall–Kier alpha value is -3.12. The highest BCUT2D eigenvalue weighted by atomic mass is 32.1. The fraction of sp³-hybridized carbons (Fsp3) is 0.333. The number of aliphatic hydroxyl groups excluding tert-OH is 2. The minimum Gasteiger partial charge on any atom is -0.475 e. The topological polar surface area (TPSA) is 120 Å². The summed E-state index contributed by atoms with van der Waals surface area (Å²) in [6, 6.07) is 10.5. The lowest BCUT2D eigenvalue weighted by Gasteiger charge is -2.22. The molecule has 0 bridgehead atoms. The van der Waals surface area contributed by atoms with Crippen LogP contribution in [0.25, 0.3) is 0 Å². The Kier molecular flexibility index (Phi) is 7.91. The van der Waals surface area contributed by atoms with E-state index in [1.807, 2.05) is 5.38 Å². The molecule has 0 spiro atoms. The van der Waals surface area contributed by atoms with Gasteiger partial charge in [-0.3, -0.25) is 19.3 Å². The molecule has 2 N–H and O–H groups in total. The maximum absolute atomic E-state index is 13.2. The number of fused-ring (bicyclic) bond motifs is 1. The number of ketones is 1. The first-order valence-electron chi connectivity index (χ1n) is 11.0. The summed E-state index contributed by atoms with van der Waals surface area (Å²) in [6.07, 6.45) is -1.33. The third-order valence-corrected chi connectivity index (χ3v) is 7.26. The van der Waals surface area contributed by atoms with Crippen molar-refractivity contribution in [2.24, 2.45) is 0 Å². The normalized spacial score (nSPS) is 15.4. The standard InChI is InChI=1S/C24H25N3O6S2/c1-26(12-15(29)13-28)20(30)9-4-10-27(23(32)19-8-5-11-34-19)24-25-17(14-35-24)22-21(31)16-6-2-3-7-18(16)33-22/h2-3,5-8,11,14-15,22,28-29H,4,9-10,12-13H2,1H3. The number of rotatable bonds is 10. The van der Waals surface area contributed by atoms with Crippen molar-refractivity contribution < 1.29 is 29.3 Å². The summed E-state index contributed by atoms with van der Waals surface area (Å²) in [7, 11) is 1.56. The van der Waals surface area contributed by atoms with E-state index in [9.17, 15) is 19.5 Å². The summed E-state index contributed by atoms with van der Waals surface area (Å²) in [5.74, 6) is -0.104. The van der Waals surface area contributed by atoms with Crippen LogP contribution in [0.4, 0.5) is 5.13 Å². The summed E-state index contributed by atoms with van der Waals surface area (Å²) in [5.41, 5.74) is 0.941. The third-order valence-electron chi connectivity index (χ3n) is 5.52. The lowest BCUT2D eigenvalue weighted by molar-refractivity contribution is -0.131. The van der Waals surface area contributed by atoms with Gasteiger partial charge >= 0.3 is 0 Å². The molecule has 0 aliphatic carbocycles. The molecule has 0 saturated heterocycles. The number of benzene rings is 1. The zero-order chi connectivity index (χ0) is 24.9. The van der Waals surface area contributed by atoms with Crippen LogP contribution in [0.3, 0.4) is 0 Å². The van der Waals surface area contributed by atoms with Crippen LogP contribution in [0.5, 0.6) is 5.75 Å². The number of amides is 2. The second-order valence-corrected chi connectivity index (χ2v) is 9.85. The summed E-state index contributed by atoms with van der Waals surface area (Å²) >= 11 is 2.55. The molecule has 11 heteroatoms. The van der Waals surface area contributed by atoms with Crippen LogP contribution in [0.1, 0.15) is 44.7 Å². The molecule has 0 saturated carbocycles. The van der Waals surface area contributed by atoms with E-state index in [0.717, 1.165) is 0 Å². The number of hydrogen-bond acceptors (Lipinski definition) is 9. The van der Waals surface area contributed by atoms with Crippen molar-refractivity contribution in [2.45, 2.75) is 25.0 Å². The number of anilines is 1. The molecule has 0 fully saturated rings. The van der Waals surface area contributed by atoms with Gasteiger partial charge < -0.3 is 19.8 Å². The van der Waals surface area contributed by atoms with Crippen molar-refractivity contribution in [1.29, 1.82) is 0 Å². The molecule has 2 atom stereocenters. The highest BCUT2D eigenvalue weighted by Gasteiger charge is 2.35. The van der Waals surface area contributed by atoms with Gasteiger partial charge in [0.15, 0.2) is 5.13 Å². The number of carbonyl (C=O) groups is 3. The average Bonchev–Trinajstić information content (AvgIpc) is 3.62. The Morgan fingerprint density at radius 1 is 1.20 bits per heavy atom. The van der Waals surface area contributed by atoms with Gasteiger partial charge in [-0.2, -0.15) is 0 Å². The number of aromatic nitrogens is 1. The van der Waals surface area contributed by atoms with E-state index in [0.29, 0.717) is 33.4 Å². The molecule has 1 aromatic carbocycles. The van der Waals surface area contributed by atoms with E-state index in [1.54, 1.807) is 48.8 Å². The molecule has 1 aliphatic rings. The van der Waals surface area contributed by atoms with E-state index >= 15 is 0 Å². The third kappa shape index (κ3) is 5.59. The molecule has 4 rings (SSSR count). The molecule has 35 heavy (non-hydrogen) atoms. The predicted molar refractivity (Wildman–Crippen MR) is 132 cm³/mol. The largest absolute Gasteiger partial charge is 0.475 e. The molecule has 2 amide bonds. The number of nitrogens with zero attached hydrogens (tertiary/aromatic N) is 3. The predicted octanol–water partition coefficient (Wildman–Crippen LogP) is 2.76. The molecular weight excluding hydrogens is 490 g/mol. The van der Waals surface area contributed by atoms with E-state index in [1.165, 1.54) is 32.5 Å². The molecule has 1 aliphatic heterocycles. The van der Waals surface area contributed by atoms with Gasteiger partial charge in [-0.05, 0) is 30.0 Å². The van der Waals surface area contributed by atoms with E-state index in [4.69, 9.17) is 9.84 Å². The van der Waals surface area contributed by atoms with Gasteiger partial charge in [-0.25, -0.2) is 4.98 Å². The highest BCUT2D eigenvalue weighted by Crippen LogP contribution is 2.38. The van der Waals surface area contributed by atoms with Gasteiger partial charge in [-0.15, -0.1) is 22.7 Å². The van der Waals surface area contributed by atoms with Crippen LogP contribution in [0, 0.1) is 0 Å². The Balaban J connectivity index is 1.47. The summed E-state index contributed by atoms with van der Waals surface area (Å²) in [6.45, 7) is -0.155. The molecule has 2 aromatic heterocycles. The minimum absolute atomic E-state index is 0.0286. The lowest BCUT2D eigenvalue weighted by Crippen LogP contribution is -2.36. The number of ether oxygens (including phenoxy) is 1. The second-order valence-electron chi connectivity index (χ2n) is 8.06. The average molecular weight is 516 g/mol. The number of hydrogen-bond donors (Lipinski definition) is 2. The van der Waals surface area contributed by atoms with Gasteiger partial charge in [0.25, 0.3) is 5.91 Å². The van der Waals surface area contributed by atoms with E-state index in [2.05, 4.69) is 4.98 Å². The molecule has 3 aromatic rings. The number of Topliss-reactive ketones (excluding diaryl/α,β-unsaturated/α-hetero) is 1. The lowest BCUT2D eigenvalue weighted by atomic mass is 10.1. The Labute approximate surface area is 210 Å². The van der Waals surface area contributed by atoms with Crippen molar-refractivity contribution >= 4 is 45.4 Å². The molecule has 3 heterocycles. The number of thiazole rings is 1. The highest BCUT2D eigenvalue weighted by molar-refractivity contribution is 7.14. The molecule has 0 radical (unpaired) electrons. The summed E-state index contributed by atoms with van der Waals surface area (Å²) in [5, 5.41) is 22.5. The van der Waals surface area contributed by atoms with Gasteiger partial charge in [-0.1, -0.05) is 18.2 Å². The minimum atomic E-state index is -0.999. The van der Waals surface area contributed by atoms with E-state index in [-0.39, 0.29) is 37.1 Å². The zero-order valence-corrected chi connectivity index (χ0v) is 20.6. The smallest absolute Gasteiger partial charge is 0.270 e. The quantitative estimate of drug-likeness (QED) is 0.426. The van der Waals surface area contributed by atoms with Crippen LogP contribution in [0.2, 0.25) is 0 Å². The van der Waals surface area contributed by atoms with Crippen LogP contribution in [0.15, 0.2) is 47.2 Å². The summed E-state index contributed by atoms with van der Waals surface area (Å²) < 4.78 is 5.82. The number of thiophene rings is 1. The number of likely N-dealkylation sites (N-methyl/N-ethyl adjacent to an activating group) is 1. The van der Waals surface area contributed by atoms with Crippen molar-refractivity contribution in [3.63, 3.8) is 0 Å². The van der Waals surface area contributed by atoms with Crippen LogP contribution >= 0.6 is 22.7 Å². The molecule has 2 unspecified atom stereocenters. The number of para-hydroxylation sites is 1. The SMILES string of the molecule is CN(CC(O)CO)C(=O)CCCN(C(=O)c1cccs1)c1nc(C2Oc3ccccc3C2=O)cs1. The first-order valence-corrected chi connectivity index (χ1v) is 12.8. The van der Waals surface area contributed by atoms with Crippen molar-refractivity contribution in [3.8, 4) is 5.75 Å². The van der Waals surface area contributed by atoms with E-state index < -0.39 is 18.8 Å². The first kappa shape index (κ1) is 25.0. The van der Waals surface area contributed by atoms with Crippen molar-refractivity contribution in [3.05, 3.63) is 63.3 Å². The summed E-state index contributed by atoms with van der Waals surface area (Å²) in [4.78, 5) is 46.4. The van der Waals surface area contributed by atoms with Crippen LogP contribution < -0.4 is 9.64 Å². The Bertz CT molecular complexity index is 1200. The van der Waals surface area contributed by atoms with Crippen LogP contribution in [-0.4, -0.2) is 70.5 Å². The zero-order valence-electron chi connectivity index (χ0n) is 19.0. The van der Waals surface area contributed by atoms with Crippen LogP contribution in [-0.2, 0) is 4.79 Å². The number of carbonyl (C=O) groups excluding carboxylic acids is 3. The van der Waals surface area contributed by atoms with Gasteiger partial charge in [0.05, 0.1) is 23.2 Å². The van der Waals surface area contributed by atoms with Gasteiger partial charge in [0.2, 0.25) is 17.8 Å². The second kappa shape index (κ2) is 11.1. The molecule has 9 nitrogen and oxygen atoms in total. The molecular formula is C24H25N3O6S2. The Morgan fingerprint density at radius 2 is 2.00 bits per heavy atom. The monoisotopic (exact) mass is 515 g/mol. The van der Waals surface area contributed by atoms with Gasteiger partial charge in [0, 0.05) is 31.9 Å². The fourth-order valence-electron chi connectivity index (χ4n) is 3.68. The van der Waals surface area contributed by atoms with Crippen molar-refractivity contribution in [1.82, 2.24) is 9.88 Å². The Morgan fingerprint density at radius 3 is 2.71 bits per heavy atom. The van der Waals surface area contributed by atoms with Gasteiger partial charge in [0.1, 0.15) is 11.4 Å². The molecule has 184 valence electrons. The number of aliphatic hydroxyl groups is 2. The maximum atomic E-state index is 13.2. The fourth-order valence-corrected chi connectivity index (χ4v) is 5.22. The maximum Gasteiger partial charge on any atom is 0.270 e. The first-order chi connectivity index (χ1) is 16.9. The van der Waals surface area contributed by atoms with Crippen molar-refractivity contribution in [2.75, 3.05) is 31.6 Å².